The topological polar surface area (TPSA) is 86.8 Å². The van der Waals surface area contributed by atoms with Crippen molar-refractivity contribution < 1.29 is 23.8 Å². The van der Waals surface area contributed by atoms with E-state index in [-0.39, 0.29) is 6.42 Å². The molecule has 7 nitrogen and oxygen atoms in total. The molecule has 0 aliphatic carbocycles. The van der Waals surface area contributed by atoms with Crippen molar-refractivity contribution in [2.45, 2.75) is 18.6 Å². The molecule has 0 spiro atoms. The summed E-state index contributed by atoms with van der Waals surface area (Å²) in [4.78, 5) is 28.8. The number of ether oxygens (including phenoxy) is 3. The second-order valence-electron chi connectivity index (χ2n) is 5.52. The van der Waals surface area contributed by atoms with Crippen molar-refractivity contribution in [3.8, 4) is 5.88 Å². The number of amides is 1. The highest BCUT2D eigenvalue weighted by Gasteiger charge is 2.27. The smallest absolute Gasteiger partial charge is 0.328 e. The third-order valence-electron chi connectivity index (χ3n) is 3.82. The molecule has 7 heteroatoms. The molecule has 138 valence electrons. The molecule has 2 aromatic rings. The van der Waals surface area contributed by atoms with Crippen LogP contribution in [0.3, 0.4) is 0 Å². The van der Waals surface area contributed by atoms with Crippen LogP contribution in [0, 0.1) is 0 Å². The molecule has 0 saturated carbocycles. The van der Waals surface area contributed by atoms with Crippen LogP contribution >= 0.6 is 0 Å². The molecule has 0 fully saturated rings. The Balaban J connectivity index is 2.13. The SMILES string of the molecule is COC(=O)[C@H](Cc1ccc(OC)nc1)NC(=O)[C@H](OC)c1ccccc1. The molecule has 26 heavy (non-hydrogen) atoms. The van der Waals surface area contributed by atoms with Gasteiger partial charge in [-0.15, -0.1) is 0 Å². The maximum Gasteiger partial charge on any atom is 0.328 e. The Morgan fingerprint density at radius 2 is 1.81 bits per heavy atom. The van der Waals surface area contributed by atoms with Crippen LogP contribution in [0.25, 0.3) is 0 Å². The summed E-state index contributed by atoms with van der Waals surface area (Å²) in [6, 6.07) is 11.7. The molecule has 0 radical (unpaired) electrons. The fraction of sp³-hybridized carbons (Fsp3) is 0.316. The van der Waals surface area contributed by atoms with E-state index in [1.54, 1.807) is 30.5 Å². The molecule has 2 rings (SSSR count). The zero-order valence-electron chi connectivity index (χ0n) is 15.0. The number of rotatable bonds is 8. The van der Waals surface area contributed by atoms with Gasteiger partial charge in [-0.3, -0.25) is 4.79 Å². The average molecular weight is 358 g/mol. The van der Waals surface area contributed by atoms with Crippen LogP contribution in [0.15, 0.2) is 48.7 Å². The van der Waals surface area contributed by atoms with Gasteiger partial charge in [0.15, 0.2) is 6.10 Å². The minimum Gasteiger partial charge on any atom is -0.481 e. The maximum absolute atomic E-state index is 12.6. The lowest BCUT2D eigenvalue weighted by molar-refractivity contribution is -0.146. The molecule has 0 unspecified atom stereocenters. The van der Waals surface area contributed by atoms with Crippen molar-refractivity contribution in [1.82, 2.24) is 10.3 Å². The van der Waals surface area contributed by atoms with Gasteiger partial charge in [0.25, 0.3) is 5.91 Å². The van der Waals surface area contributed by atoms with E-state index in [0.717, 1.165) is 5.56 Å². The third-order valence-corrected chi connectivity index (χ3v) is 3.82. The average Bonchev–Trinajstić information content (AvgIpc) is 2.68. The first-order valence-corrected chi connectivity index (χ1v) is 8.04. The molecule has 2 atom stereocenters. The second-order valence-corrected chi connectivity index (χ2v) is 5.52. The minimum absolute atomic E-state index is 0.237. The summed E-state index contributed by atoms with van der Waals surface area (Å²) in [5.41, 5.74) is 1.46. The lowest BCUT2D eigenvalue weighted by Gasteiger charge is -2.21. The highest BCUT2D eigenvalue weighted by molar-refractivity contribution is 5.87. The van der Waals surface area contributed by atoms with Crippen molar-refractivity contribution in [2.24, 2.45) is 0 Å². The molecule has 1 heterocycles. The van der Waals surface area contributed by atoms with Gasteiger partial charge in [0.05, 0.1) is 14.2 Å². The van der Waals surface area contributed by atoms with E-state index < -0.39 is 24.0 Å². The molecular formula is C19H22N2O5. The first-order chi connectivity index (χ1) is 12.6. The van der Waals surface area contributed by atoms with Crippen LogP contribution in [0.2, 0.25) is 0 Å². The maximum atomic E-state index is 12.6. The zero-order valence-corrected chi connectivity index (χ0v) is 15.0. The summed E-state index contributed by atoms with van der Waals surface area (Å²) < 4.78 is 15.1. The Labute approximate surface area is 152 Å². The predicted molar refractivity (Wildman–Crippen MR) is 94.6 cm³/mol. The van der Waals surface area contributed by atoms with E-state index >= 15 is 0 Å². The molecule has 1 amide bonds. The number of hydrogen-bond acceptors (Lipinski definition) is 6. The van der Waals surface area contributed by atoms with Crippen LogP contribution in [-0.4, -0.2) is 44.2 Å². The normalized spacial score (nSPS) is 12.7. The van der Waals surface area contributed by atoms with E-state index in [2.05, 4.69) is 10.3 Å². The number of nitrogens with one attached hydrogen (secondary N) is 1. The number of benzene rings is 1. The van der Waals surface area contributed by atoms with E-state index in [4.69, 9.17) is 14.2 Å². The van der Waals surface area contributed by atoms with Crippen LogP contribution in [-0.2, 0) is 25.5 Å². The Hall–Kier alpha value is -2.93. The number of esters is 1. The van der Waals surface area contributed by atoms with Crippen molar-refractivity contribution in [2.75, 3.05) is 21.3 Å². The van der Waals surface area contributed by atoms with Gasteiger partial charge in [-0.1, -0.05) is 36.4 Å². The van der Waals surface area contributed by atoms with Crippen LogP contribution in [0.1, 0.15) is 17.2 Å². The number of nitrogens with zero attached hydrogens (tertiary/aromatic N) is 1. The summed E-state index contributed by atoms with van der Waals surface area (Å²) in [6.45, 7) is 0. The van der Waals surface area contributed by atoms with Gasteiger partial charge in [0.2, 0.25) is 5.88 Å². The fourth-order valence-corrected chi connectivity index (χ4v) is 2.49. The number of pyridine rings is 1. The molecule has 0 aliphatic heterocycles. The third kappa shape index (κ3) is 5.03. The number of hydrogen-bond donors (Lipinski definition) is 1. The molecule has 0 aliphatic rings. The minimum atomic E-state index is -0.857. The van der Waals surface area contributed by atoms with Gasteiger partial charge < -0.3 is 19.5 Å². The molecule has 0 saturated heterocycles. The summed E-state index contributed by atoms with van der Waals surface area (Å²) in [6.07, 6.45) is 1.00. The number of carbonyl (C=O) groups is 2. The molecule has 1 aromatic carbocycles. The summed E-state index contributed by atoms with van der Waals surface area (Å²) in [5, 5.41) is 2.70. The van der Waals surface area contributed by atoms with E-state index in [1.807, 2.05) is 18.2 Å². The monoisotopic (exact) mass is 358 g/mol. The van der Waals surface area contributed by atoms with Crippen molar-refractivity contribution in [3.63, 3.8) is 0 Å². The van der Waals surface area contributed by atoms with Gasteiger partial charge in [-0.05, 0) is 11.1 Å². The van der Waals surface area contributed by atoms with Crippen molar-refractivity contribution >= 4 is 11.9 Å². The summed E-state index contributed by atoms with van der Waals surface area (Å²) in [5.74, 6) is -0.497. The molecule has 0 bridgehead atoms. The first kappa shape index (κ1) is 19.4. The van der Waals surface area contributed by atoms with Gasteiger partial charge in [0, 0.05) is 25.8 Å². The first-order valence-electron chi connectivity index (χ1n) is 8.04. The second kappa shape index (κ2) is 9.53. The van der Waals surface area contributed by atoms with E-state index in [1.165, 1.54) is 21.3 Å². The Morgan fingerprint density at radius 3 is 2.35 bits per heavy atom. The highest BCUT2D eigenvalue weighted by Crippen LogP contribution is 2.17. The summed E-state index contributed by atoms with van der Waals surface area (Å²) in [7, 11) is 4.24. The highest BCUT2D eigenvalue weighted by atomic mass is 16.5. The Bertz CT molecular complexity index is 718. The van der Waals surface area contributed by atoms with Gasteiger partial charge >= 0.3 is 5.97 Å². The van der Waals surface area contributed by atoms with E-state index in [9.17, 15) is 9.59 Å². The zero-order chi connectivity index (χ0) is 18.9. The largest absolute Gasteiger partial charge is 0.481 e. The van der Waals surface area contributed by atoms with Crippen LogP contribution in [0.4, 0.5) is 0 Å². The molecule has 1 aromatic heterocycles. The lowest BCUT2D eigenvalue weighted by Crippen LogP contribution is -2.45. The standard InChI is InChI=1S/C19H22N2O5/c1-24-16-10-9-13(12-20-16)11-15(19(23)26-3)21-18(22)17(25-2)14-7-5-4-6-8-14/h4-10,12,15,17H,11H2,1-3H3,(H,21,22)/t15-,17+/m0/s1. The van der Waals surface area contributed by atoms with E-state index in [0.29, 0.717) is 11.4 Å². The Kier molecular flexibility index (Phi) is 7.11. The van der Waals surface area contributed by atoms with Crippen LogP contribution in [0.5, 0.6) is 5.88 Å². The number of carbonyl (C=O) groups excluding carboxylic acids is 2. The van der Waals surface area contributed by atoms with Gasteiger partial charge in [-0.2, -0.15) is 0 Å². The number of aromatic nitrogens is 1. The summed E-state index contributed by atoms with van der Waals surface area (Å²) >= 11 is 0. The van der Waals surface area contributed by atoms with Gasteiger partial charge in [0.1, 0.15) is 6.04 Å². The number of methoxy groups -OCH3 is 3. The van der Waals surface area contributed by atoms with Crippen LogP contribution < -0.4 is 10.1 Å². The van der Waals surface area contributed by atoms with Crippen molar-refractivity contribution in [3.05, 3.63) is 59.8 Å². The lowest BCUT2D eigenvalue weighted by atomic mass is 10.1. The quantitative estimate of drug-likeness (QED) is 0.723. The van der Waals surface area contributed by atoms with Crippen molar-refractivity contribution in [1.29, 1.82) is 0 Å². The molecular weight excluding hydrogens is 336 g/mol. The Morgan fingerprint density at radius 1 is 1.08 bits per heavy atom. The fourth-order valence-electron chi connectivity index (χ4n) is 2.49. The molecule has 1 N–H and O–H groups in total. The predicted octanol–water partition coefficient (Wildman–Crippen LogP) is 1.68. The van der Waals surface area contributed by atoms with Gasteiger partial charge in [-0.25, -0.2) is 9.78 Å².